The van der Waals surface area contributed by atoms with Crippen molar-refractivity contribution < 1.29 is 9.63 Å². The molecule has 104 valence electrons. The third-order valence-electron chi connectivity index (χ3n) is 3.10. The average Bonchev–Trinajstić information content (AvgIpc) is 3.14. The summed E-state index contributed by atoms with van der Waals surface area (Å²) in [5.74, 6) is -0.204. The second-order valence-electron chi connectivity index (χ2n) is 4.59. The Hall–Kier alpha value is -2.52. The molecule has 1 aromatic carbocycles. The van der Waals surface area contributed by atoms with Gasteiger partial charge in [-0.25, -0.2) is 4.98 Å². The SMILES string of the molecule is Cc1nc(-c2ccccc2)sc1C(=O)C1=NOC(C#N)C1. The maximum atomic E-state index is 12.4. The molecule has 1 aromatic heterocycles. The highest BCUT2D eigenvalue weighted by Crippen LogP contribution is 2.29. The van der Waals surface area contributed by atoms with Crippen molar-refractivity contribution >= 4 is 22.8 Å². The van der Waals surface area contributed by atoms with E-state index in [-0.39, 0.29) is 17.9 Å². The molecule has 0 bridgehead atoms. The van der Waals surface area contributed by atoms with Gasteiger partial charge in [-0.15, -0.1) is 11.3 Å². The van der Waals surface area contributed by atoms with Crippen LogP contribution in [-0.2, 0) is 4.84 Å². The van der Waals surface area contributed by atoms with Crippen molar-refractivity contribution in [3.8, 4) is 16.6 Å². The molecule has 21 heavy (non-hydrogen) atoms. The maximum Gasteiger partial charge on any atom is 0.222 e. The normalized spacial score (nSPS) is 17.0. The van der Waals surface area contributed by atoms with Crippen LogP contribution in [0.25, 0.3) is 10.6 Å². The first-order valence-electron chi connectivity index (χ1n) is 6.39. The zero-order valence-corrected chi connectivity index (χ0v) is 12.1. The molecule has 2 heterocycles. The fourth-order valence-corrected chi connectivity index (χ4v) is 3.06. The van der Waals surface area contributed by atoms with Gasteiger partial charge in [-0.3, -0.25) is 4.79 Å². The van der Waals surface area contributed by atoms with Crippen molar-refractivity contribution in [2.45, 2.75) is 19.4 Å². The maximum absolute atomic E-state index is 12.4. The van der Waals surface area contributed by atoms with E-state index in [1.54, 1.807) is 6.92 Å². The van der Waals surface area contributed by atoms with E-state index in [2.05, 4.69) is 10.1 Å². The smallest absolute Gasteiger partial charge is 0.222 e. The molecule has 0 saturated heterocycles. The van der Waals surface area contributed by atoms with Crippen LogP contribution in [-0.4, -0.2) is 22.6 Å². The highest BCUT2D eigenvalue weighted by molar-refractivity contribution is 7.17. The molecule has 1 aliphatic rings. The van der Waals surface area contributed by atoms with Crippen LogP contribution in [0, 0.1) is 18.3 Å². The number of Topliss-reactive ketones (excluding diaryl/α,β-unsaturated/α-hetero) is 1. The fraction of sp³-hybridized carbons (Fsp3) is 0.200. The highest BCUT2D eigenvalue weighted by Gasteiger charge is 2.29. The first kappa shape index (κ1) is 13.5. The summed E-state index contributed by atoms with van der Waals surface area (Å²) in [4.78, 5) is 22.3. The molecule has 0 N–H and O–H groups in total. The molecule has 0 fully saturated rings. The van der Waals surface area contributed by atoms with Crippen molar-refractivity contribution in [3.05, 3.63) is 40.9 Å². The van der Waals surface area contributed by atoms with Gasteiger partial charge >= 0.3 is 0 Å². The minimum atomic E-state index is -0.661. The van der Waals surface area contributed by atoms with Gasteiger partial charge in [-0.2, -0.15) is 5.26 Å². The van der Waals surface area contributed by atoms with Crippen LogP contribution in [0.3, 0.4) is 0 Å². The molecular weight excluding hydrogens is 286 g/mol. The van der Waals surface area contributed by atoms with Crippen molar-refractivity contribution in [1.82, 2.24) is 4.98 Å². The number of hydrogen-bond donors (Lipinski definition) is 0. The number of oxime groups is 1. The molecule has 6 heteroatoms. The Morgan fingerprint density at radius 1 is 1.43 bits per heavy atom. The second kappa shape index (κ2) is 5.46. The van der Waals surface area contributed by atoms with E-state index in [4.69, 9.17) is 10.1 Å². The monoisotopic (exact) mass is 297 g/mol. The number of hydrogen-bond acceptors (Lipinski definition) is 6. The lowest BCUT2D eigenvalue weighted by molar-refractivity contribution is 0.106. The molecule has 3 rings (SSSR count). The standard InChI is InChI=1S/C15H11N3O2S/c1-9-14(13(19)12-7-11(8-16)20-18-12)21-15(17-9)10-5-3-2-4-6-10/h2-6,11H,7H2,1H3. The number of nitrogens with zero attached hydrogens (tertiary/aromatic N) is 3. The Bertz CT molecular complexity index is 759. The second-order valence-corrected chi connectivity index (χ2v) is 5.59. The Kier molecular flexibility index (Phi) is 3.50. The summed E-state index contributed by atoms with van der Waals surface area (Å²) in [7, 11) is 0. The molecule has 1 aliphatic heterocycles. The molecule has 1 atom stereocenters. The van der Waals surface area contributed by atoms with Gasteiger partial charge in [0.15, 0.2) is 0 Å². The number of rotatable bonds is 3. The lowest BCUT2D eigenvalue weighted by Gasteiger charge is -1.95. The minimum absolute atomic E-state index is 0.204. The molecule has 2 aromatic rings. The van der Waals surface area contributed by atoms with E-state index < -0.39 is 6.10 Å². The summed E-state index contributed by atoms with van der Waals surface area (Å²) in [6, 6.07) is 11.6. The van der Waals surface area contributed by atoms with E-state index in [9.17, 15) is 4.79 Å². The molecule has 5 nitrogen and oxygen atoms in total. The van der Waals surface area contributed by atoms with E-state index in [0.717, 1.165) is 10.6 Å². The van der Waals surface area contributed by atoms with Gasteiger partial charge in [0.25, 0.3) is 0 Å². The van der Waals surface area contributed by atoms with E-state index in [1.165, 1.54) is 11.3 Å². The fourth-order valence-electron chi connectivity index (χ4n) is 2.02. The topological polar surface area (TPSA) is 75.3 Å². The predicted molar refractivity (Wildman–Crippen MR) is 79.2 cm³/mol. The molecule has 0 aliphatic carbocycles. The van der Waals surface area contributed by atoms with Gasteiger partial charge < -0.3 is 4.84 Å². The number of aryl methyl sites for hydroxylation is 1. The van der Waals surface area contributed by atoms with E-state index >= 15 is 0 Å². The van der Waals surface area contributed by atoms with Gasteiger partial charge in [0.1, 0.15) is 16.8 Å². The van der Waals surface area contributed by atoms with Crippen LogP contribution < -0.4 is 0 Å². The van der Waals surface area contributed by atoms with Gasteiger partial charge in [0.2, 0.25) is 11.9 Å². The number of nitriles is 1. The lowest BCUT2D eigenvalue weighted by Crippen LogP contribution is -2.14. The van der Waals surface area contributed by atoms with E-state index in [0.29, 0.717) is 10.6 Å². The van der Waals surface area contributed by atoms with Crippen LogP contribution in [0.2, 0.25) is 0 Å². The summed E-state index contributed by atoms with van der Waals surface area (Å²) in [5, 5.41) is 13.3. The number of carbonyl (C=O) groups excluding carboxylic acids is 1. The Morgan fingerprint density at radius 3 is 2.86 bits per heavy atom. The third-order valence-corrected chi connectivity index (χ3v) is 4.30. The summed E-state index contributed by atoms with van der Waals surface area (Å²) >= 11 is 1.34. The van der Waals surface area contributed by atoms with Gasteiger partial charge in [0.05, 0.1) is 17.0 Å². The number of thiazole rings is 1. The first-order chi connectivity index (χ1) is 10.2. The minimum Gasteiger partial charge on any atom is -0.376 e. The van der Waals surface area contributed by atoms with Crippen LogP contribution in [0.1, 0.15) is 21.8 Å². The highest BCUT2D eigenvalue weighted by atomic mass is 32.1. The summed E-state index contributed by atoms with van der Waals surface area (Å²) < 4.78 is 0. The number of ketones is 1. The number of benzene rings is 1. The van der Waals surface area contributed by atoms with Crippen molar-refractivity contribution in [1.29, 1.82) is 5.26 Å². The zero-order chi connectivity index (χ0) is 14.8. The van der Waals surface area contributed by atoms with Crippen molar-refractivity contribution in [3.63, 3.8) is 0 Å². The third kappa shape index (κ3) is 2.56. The van der Waals surface area contributed by atoms with Gasteiger partial charge in [-0.05, 0) is 6.92 Å². The number of aromatic nitrogens is 1. The largest absolute Gasteiger partial charge is 0.376 e. The van der Waals surface area contributed by atoms with Crippen LogP contribution in [0.4, 0.5) is 0 Å². The zero-order valence-electron chi connectivity index (χ0n) is 11.2. The molecule has 0 saturated carbocycles. The van der Waals surface area contributed by atoms with Gasteiger partial charge in [0, 0.05) is 5.56 Å². The van der Waals surface area contributed by atoms with Crippen LogP contribution in [0.15, 0.2) is 35.5 Å². The Morgan fingerprint density at radius 2 is 2.19 bits per heavy atom. The summed E-state index contributed by atoms with van der Waals surface area (Å²) in [6.45, 7) is 1.80. The molecule has 0 radical (unpaired) electrons. The first-order valence-corrected chi connectivity index (χ1v) is 7.20. The Labute approximate surface area is 125 Å². The van der Waals surface area contributed by atoms with E-state index in [1.807, 2.05) is 36.4 Å². The predicted octanol–water partition coefficient (Wildman–Crippen LogP) is 2.97. The van der Waals surface area contributed by atoms with Crippen LogP contribution in [0.5, 0.6) is 0 Å². The molecule has 1 unspecified atom stereocenters. The van der Waals surface area contributed by atoms with Crippen molar-refractivity contribution in [2.24, 2.45) is 5.16 Å². The van der Waals surface area contributed by atoms with Crippen LogP contribution >= 0.6 is 11.3 Å². The summed E-state index contributed by atoms with van der Waals surface area (Å²) in [5.41, 5.74) is 1.93. The Balaban J connectivity index is 1.89. The lowest BCUT2D eigenvalue weighted by atomic mass is 10.1. The van der Waals surface area contributed by atoms with Crippen molar-refractivity contribution in [2.75, 3.05) is 0 Å². The average molecular weight is 297 g/mol. The molecular formula is C15H11N3O2S. The summed E-state index contributed by atoms with van der Waals surface area (Å²) in [6.07, 6.45) is -0.432. The van der Waals surface area contributed by atoms with Gasteiger partial charge in [-0.1, -0.05) is 35.5 Å². The quantitative estimate of drug-likeness (QED) is 0.816. The molecule has 0 spiro atoms. The number of carbonyl (C=O) groups is 1. The molecule has 0 amide bonds.